The summed E-state index contributed by atoms with van der Waals surface area (Å²) in [5.74, 6) is 0.0637. The molecule has 1 saturated carbocycles. The van der Waals surface area contributed by atoms with Crippen molar-refractivity contribution in [3.8, 4) is 10.6 Å². The third-order valence-electron chi connectivity index (χ3n) is 6.46. The van der Waals surface area contributed by atoms with E-state index in [0.29, 0.717) is 11.6 Å². The molecule has 1 aliphatic carbocycles. The van der Waals surface area contributed by atoms with Crippen molar-refractivity contribution in [2.75, 3.05) is 31.7 Å². The van der Waals surface area contributed by atoms with E-state index < -0.39 is 5.82 Å². The number of nitrogens with one attached hydrogen (secondary N) is 1. The number of halogens is 1. The zero-order valence-corrected chi connectivity index (χ0v) is 18.4. The predicted molar refractivity (Wildman–Crippen MR) is 115 cm³/mol. The first-order valence-corrected chi connectivity index (χ1v) is 11.9. The number of carbonyl (C=O) groups is 1. The molecule has 29 heavy (non-hydrogen) atoms. The highest BCUT2D eigenvalue weighted by Gasteiger charge is 2.58. The molecule has 2 aromatic rings. The summed E-state index contributed by atoms with van der Waals surface area (Å²) in [5, 5.41) is 3.38. The predicted octanol–water partition coefficient (Wildman–Crippen LogP) is 3.88. The number of hydrogen-bond donors (Lipinski definition) is 1. The minimum absolute atomic E-state index is 0.0471. The van der Waals surface area contributed by atoms with Crippen LogP contribution in [0.5, 0.6) is 0 Å². The van der Waals surface area contributed by atoms with E-state index in [2.05, 4.69) is 25.8 Å². The first-order valence-electron chi connectivity index (χ1n) is 9.95. The SMILES string of the molecule is CSN1CCC(Nc2ncc(F)c(-c3sc4c(c3C)C(=O)N(C)C43CC3)n2)CC1. The largest absolute Gasteiger partial charge is 0.351 e. The van der Waals surface area contributed by atoms with E-state index in [1.165, 1.54) is 17.5 Å². The standard InChI is InChI=1S/C20H24FN5OS2/c1-11-14-17(20(6-7-20)25(2)18(14)27)29-16(11)15-13(21)10-22-19(24-15)23-12-4-8-26(28-3)9-5-12/h10,12H,4-9H2,1-3H3,(H,22,23,24). The second kappa shape index (κ2) is 6.92. The van der Waals surface area contributed by atoms with Crippen LogP contribution in [-0.4, -0.2) is 57.5 Å². The Bertz CT molecular complexity index is 981. The Balaban J connectivity index is 1.44. The molecule has 2 fully saturated rings. The van der Waals surface area contributed by atoms with Crippen molar-refractivity contribution >= 4 is 35.1 Å². The van der Waals surface area contributed by atoms with Gasteiger partial charge in [0, 0.05) is 31.1 Å². The molecule has 0 aromatic carbocycles. The van der Waals surface area contributed by atoms with Gasteiger partial charge in [0.1, 0.15) is 5.69 Å². The molecule has 1 N–H and O–H groups in total. The van der Waals surface area contributed by atoms with Gasteiger partial charge in [-0.1, -0.05) is 11.9 Å². The lowest BCUT2D eigenvalue weighted by Gasteiger charge is -2.30. The average molecular weight is 434 g/mol. The molecule has 2 aromatic heterocycles. The van der Waals surface area contributed by atoms with Crippen molar-refractivity contribution in [1.29, 1.82) is 0 Å². The number of fused-ring (bicyclic) bond motifs is 2. The molecule has 154 valence electrons. The lowest BCUT2D eigenvalue weighted by molar-refractivity contribution is 0.0755. The smallest absolute Gasteiger partial charge is 0.255 e. The Morgan fingerprint density at radius 2 is 2.07 bits per heavy atom. The quantitative estimate of drug-likeness (QED) is 0.739. The molecule has 9 heteroatoms. The zero-order valence-electron chi connectivity index (χ0n) is 16.8. The number of carbonyl (C=O) groups excluding carboxylic acids is 1. The van der Waals surface area contributed by atoms with E-state index >= 15 is 0 Å². The zero-order chi connectivity index (χ0) is 20.3. The van der Waals surface area contributed by atoms with E-state index in [1.807, 2.05) is 18.9 Å². The minimum atomic E-state index is -0.443. The Labute approximate surface area is 178 Å². The number of thiophene rings is 1. The second-order valence-electron chi connectivity index (χ2n) is 8.08. The van der Waals surface area contributed by atoms with Crippen molar-refractivity contribution in [1.82, 2.24) is 19.2 Å². The van der Waals surface area contributed by atoms with Gasteiger partial charge in [-0.05, 0) is 44.4 Å². The van der Waals surface area contributed by atoms with E-state index in [-0.39, 0.29) is 17.5 Å². The lowest BCUT2D eigenvalue weighted by atomic mass is 10.1. The fourth-order valence-corrected chi connectivity index (χ4v) is 6.63. The molecule has 1 spiro atoms. The summed E-state index contributed by atoms with van der Waals surface area (Å²) in [7, 11) is 1.87. The minimum Gasteiger partial charge on any atom is -0.351 e. The van der Waals surface area contributed by atoms with Gasteiger partial charge in [0.15, 0.2) is 5.82 Å². The molecule has 1 saturated heterocycles. The van der Waals surface area contributed by atoms with E-state index in [0.717, 1.165) is 59.7 Å². The second-order valence-corrected chi connectivity index (χ2v) is 9.98. The van der Waals surface area contributed by atoms with Gasteiger partial charge in [-0.25, -0.2) is 14.4 Å². The maximum Gasteiger partial charge on any atom is 0.255 e. The van der Waals surface area contributed by atoms with Crippen molar-refractivity contribution < 1.29 is 9.18 Å². The molecule has 3 aliphatic rings. The van der Waals surface area contributed by atoms with Crippen LogP contribution in [0.25, 0.3) is 10.6 Å². The summed E-state index contributed by atoms with van der Waals surface area (Å²) in [6.07, 6.45) is 7.31. The highest BCUT2D eigenvalue weighted by Crippen LogP contribution is 2.60. The monoisotopic (exact) mass is 433 g/mol. The van der Waals surface area contributed by atoms with Crippen LogP contribution in [-0.2, 0) is 5.54 Å². The van der Waals surface area contributed by atoms with Gasteiger partial charge in [0.2, 0.25) is 5.95 Å². The molecule has 2 aliphatic heterocycles. The van der Waals surface area contributed by atoms with Gasteiger partial charge in [-0.3, -0.25) is 9.10 Å². The van der Waals surface area contributed by atoms with E-state index in [4.69, 9.17) is 0 Å². The number of amides is 1. The fourth-order valence-electron chi connectivity index (χ4n) is 4.48. The topological polar surface area (TPSA) is 61.4 Å². The number of rotatable bonds is 4. The summed E-state index contributed by atoms with van der Waals surface area (Å²) in [6.45, 7) is 3.94. The van der Waals surface area contributed by atoms with Gasteiger partial charge in [-0.2, -0.15) is 0 Å². The molecular weight excluding hydrogens is 409 g/mol. The number of anilines is 1. The van der Waals surface area contributed by atoms with E-state index in [1.54, 1.807) is 11.9 Å². The normalized spacial score (nSPS) is 21.1. The molecule has 4 heterocycles. The number of aromatic nitrogens is 2. The maximum atomic E-state index is 14.7. The van der Waals surface area contributed by atoms with Gasteiger partial charge in [-0.15, -0.1) is 11.3 Å². The fraction of sp³-hybridized carbons (Fsp3) is 0.550. The molecule has 0 unspecified atom stereocenters. The highest BCUT2D eigenvalue weighted by molar-refractivity contribution is 7.96. The lowest BCUT2D eigenvalue weighted by Crippen LogP contribution is -2.35. The molecular formula is C20H24FN5OS2. The summed E-state index contributed by atoms with van der Waals surface area (Å²) in [5.41, 5.74) is 1.73. The Morgan fingerprint density at radius 3 is 2.72 bits per heavy atom. The van der Waals surface area contributed by atoms with Crippen molar-refractivity contribution in [3.63, 3.8) is 0 Å². The molecule has 0 radical (unpaired) electrons. The van der Waals surface area contributed by atoms with Crippen LogP contribution >= 0.6 is 23.3 Å². The molecule has 1 amide bonds. The van der Waals surface area contributed by atoms with Crippen LogP contribution in [0.1, 0.15) is 46.5 Å². The van der Waals surface area contributed by atoms with Crippen molar-refractivity contribution in [3.05, 3.63) is 28.0 Å². The van der Waals surface area contributed by atoms with Gasteiger partial charge in [0.25, 0.3) is 5.91 Å². The van der Waals surface area contributed by atoms with Crippen LogP contribution in [0.4, 0.5) is 10.3 Å². The first-order chi connectivity index (χ1) is 13.9. The van der Waals surface area contributed by atoms with Crippen LogP contribution in [0, 0.1) is 12.7 Å². The number of hydrogen-bond acceptors (Lipinski definition) is 7. The van der Waals surface area contributed by atoms with Crippen molar-refractivity contribution in [2.45, 2.75) is 44.2 Å². The number of nitrogens with zero attached hydrogens (tertiary/aromatic N) is 4. The van der Waals surface area contributed by atoms with Crippen molar-refractivity contribution in [2.24, 2.45) is 0 Å². The molecule has 0 bridgehead atoms. The van der Waals surface area contributed by atoms with Crippen LogP contribution in [0.3, 0.4) is 0 Å². The van der Waals surface area contributed by atoms with Crippen LogP contribution in [0.2, 0.25) is 0 Å². The van der Waals surface area contributed by atoms with E-state index in [9.17, 15) is 9.18 Å². The number of piperidine rings is 1. The summed E-state index contributed by atoms with van der Waals surface area (Å²) in [6, 6.07) is 0.288. The Kier molecular flexibility index (Phi) is 4.60. The Morgan fingerprint density at radius 1 is 1.34 bits per heavy atom. The summed E-state index contributed by atoms with van der Waals surface area (Å²) < 4.78 is 17.0. The summed E-state index contributed by atoms with van der Waals surface area (Å²) >= 11 is 3.29. The first kappa shape index (κ1) is 19.3. The average Bonchev–Trinajstić information content (AvgIpc) is 3.42. The van der Waals surface area contributed by atoms with Gasteiger partial charge < -0.3 is 10.2 Å². The highest BCUT2D eigenvalue weighted by atomic mass is 32.2. The summed E-state index contributed by atoms with van der Waals surface area (Å²) in [4.78, 5) is 25.2. The van der Waals surface area contributed by atoms with Gasteiger partial charge >= 0.3 is 0 Å². The van der Waals surface area contributed by atoms with Crippen LogP contribution < -0.4 is 5.32 Å². The van der Waals surface area contributed by atoms with Crippen LogP contribution in [0.15, 0.2) is 6.20 Å². The molecule has 6 nitrogen and oxygen atoms in total. The third-order valence-corrected chi connectivity index (χ3v) is 8.83. The third kappa shape index (κ3) is 2.97. The maximum absolute atomic E-state index is 14.7. The molecule has 5 rings (SSSR count). The van der Waals surface area contributed by atoms with Gasteiger partial charge in [0.05, 0.1) is 22.2 Å². The molecule has 0 atom stereocenters. The Hall–Kier alpha value is -1.71.